The Kier molecular flexibility index (Phi) is 7.16. The van der Waals surface area contributed by atoms with Crippen LogP contribution in [0.2, 0.25) is 0 Å². The molecule has 2 N–H and O–H groups in total. The quantitative estimate of drug-likeness (QED) is 0.381. The number of benzene rings is 1. The molecule has 0 unspecified atom stereocenters. The summed E-state index contributed by atoms with van der Waals surface area (Å²) in [6.07, 6.45) is -0.693. The Morgan fingerprint density at radius 2 is 1.56 bits per heavy atom. The Morgan fingerprint density at radius 1 is 0.944 bits per heavy atom. The summed E-state index contributed by atoms with van der Waals surface area (Å²) >= 11 is 0.810. The van der Waals surface area contributed by atoms with E-state index in [1.807, 2.05) is 0 Å². The van der Waals surface area contributed by atoms with E-state index in [2.05, 4.69) is 15.8 Å². The smallest absolute Gasteiger partial charge is 0.426 e. The fourth-order valence-corrected chi connectivity index (χ4v) is 3.69. The summed E-state index contributed by atoms with van der Waals surface area (Å²) in [5.74, 6) is -3.99. The van der Waals surface area contributed by atoms with Gasteiger partial charge in [-0.25, -0.2) is 28.8 Å². The average Bonchev–Trinajstić information content (AvgIpc) is 3.35. The van der Waals surface area contributed by atoms with Gasteiger partial charge in [-0.1, -0.05) is 0 Å². The first-order valence-corrected chi connectivity index (χ1v) is 11.5. The molecule has 3 aromatic rings. The van der Waals surface area contributed by atoms with Crippen LogP contribution in [0.15, 0.2) is 23.7 Å². The van der Waals surface area contributed by atoms with Crippen molar-refractivity contribution in [2.75, 3.05) is 0 Å². The monoisotopic (exact) mass is 522 g/mol. The van der Waals surface area contributed by atoms with Gasteiger partial charge in [0.1, 0.15) is 16.9 Å². The van der Waals surface area contributed by atoms with Gasteiger partial charge in [-0.05, 0) is 47.6 Å². The van der Waals surface area contributed by atoms with Crippen LogP contribution in [0.3, 0.4) is 0 Å². The molecule has 1 aromatic carbocycles. The Morgan fingerprint density at radius 3 is 2.17 bits per heavy atom. The van der Waals surface area contributed by atoms with Gasteiger partial charge < -0.3 is 9.47 Å². The van der Waals surface area contributed by atoms with Gasteiger partial charge in [0.25, 0.3) is 5.91 Å². The van der Waals surface area contributed by atoms with E-state index in [0.717, 1.165) is 34.2 Å². The standard InChI is InChI=1S/C23H24F2N4O6S/c1-22(2,3)34-20(32)28-27-18(31)15-10-36-19(26-15)17(30)12-9-29(21(33)35-23(4,5)6)16-8-14(25)13(24)7-11(12)16/h7-10H,1-6H3,(H,27,31)(H,28,32). The number of rotatable bonds is 3. The van der Waals surface area contributed by atoms with E-state index in [0.29, 0.717) is 0 Å². The molecule has 10 nitrogen and oxygen atoms in total. The van der Waals surface area contributed by atoms with Gasteiger partial charge in [0.15, 0.2) is 16.6 Å². The zero-order valence-electron chi connectivity index (χ0n) is 20.3. The Hall–Kier alpha value is -3.87. The maximum atomic E-state index is 14.0. The second-order valence-corrected chi connectivity index (χ2v) is 10.5. The third-order valence-corrected chi connectivity index (χ3v) is 5.13. The number of fused-ring (bicyclic) bond motifs is 1. The summed E-state index contributed by atoms with van der Waals surface area (Å²) in [6.45, 7) is 9.82. The lowest BCUT2D eigenvalue weighted by molar-refractivity contribution is 0.0481. The largest absolute Gasteiger partial charge is 0.443 e. The summed E-state index contributed by atoms with van der Waals surface area (Å²) in [5, 5.41) is 1.06. The summed E-state index contributed by atoms with van der Waals surface area (Å²) in [6, 6.07) is 1.58. The molecule has 2 aromatic heterocycles. The molecule has 13 heteroatoms. The van der Waals surface area contributed by atoms with Gasteiger partial charge >= 0.3 is 12.2 Å². The molecule has 0 radical (unpaired) electrons. The third-order valence-electron chi connectivity index (χ3n) is 4.29. The molecule has 0 saturated heterocycles. The van der Waals surface area contributed by atoms with Crippen LogP contribution >= 0.6 is 11.3 Å². The Balaban J connectivity index is 1.89. The van der Waals surface area contributed by atoms with Crippen LogP contribution < -0.4 is 10.9 Å². The van der Waals surface area contributed by atoms with E-state index in [4.69, 9.17) is 9.47 Å². The van der Waals surface area contributed by atoms with Crippen LogP contribution in [0.5, 0.6) is 0 Å². The van der Waals surface area contributed by atoms with Crippen LogP contribution in [0.25, 0.3) is 10.9 Å². The number of halogens is 2. The number of ether oxygens (including phenoxy) is 2. The average molecular weight is 523 g/mol. The highest BCUT2D eigenvalue weighted by Gasteiger charge is 2.27. The van der Waals surface area contributed by atoms with E-state index in [1.165, 1.54) is 5.38 Å². The number of nitrogens with zero attached hydrogens (tertiary/aromatic N) is 2. The van der Waals surface area contributed by atoms with Crippen molar-refractivity contribution in [2.24, 2.45) is 0 Å². The number of hydrogen-bond acceptors (Lipinski definition) is 8. The van der Waals surface area contributed by atoms with Crippen molar-refractivity contribution in [1.82, 2.24) is 20.4 Å². The molecular formula is C23H24F2N4O6S. The SMILES string of the molecule is CC(C)(C)OC(=O)NNC(=O)c1csc(C(=O)c2cn(C(=O)OC(C)(C)C)c3cc(F)c(F)cc23)n1. The van der Waals surface area contributed by atoms with Crippen LogP contribution in [0.4, 0.5) is 18.4 Å². The van der Waals surface area contributed by atoms with Gasteiger partial charge in [0.2, 0.25) is 5.78 Å². The molecule has 0 aliphatic carbocycles. The third kappa shape index (κ3) is 6.22. The fourth-order valence-electron chi connectivity index (χ4n) is 2.94. The van der Waals surface area contributed by atoms with E-state index >= 15 is 0 Å². The molecule has 0 fully saturated rings. The lowest BCUT2D eigenvalue weighted by Gasteiger charge is -2.19. The van der Waals surface area contributed by atoms with Crippen molar-refractivity contribution in [3.05, 3.63) is 51.6 Å². The first-order valence-electron chi connectivity index (χ1n) is 10.6. The molecule has 2 heterocycles. The molecule has 0 saturated carbocycles. The topological polar surface area (TPSA) is 129 Å². The van der Waals surface area contributed by atoms with Gasteiger partial charge in [0.05, 0.1) is 11.1 Å². The maximum absolute atomic E-state index is 14.0. The minimum atomic E-state index is -1.22. The summed E-state index contributed by atoms with van der Waals surface area (Å²) in [4.78, 5) is 53.8. The van der Waals surface area contributed by atoms with Crippen molar-refractivity contribution in [2.45, 2.75) is 52.7 Å². The number of aromatic nitrogens is 2. The maximum Gasteiger partial charge on any atom is 0.426 e. The zero-order valence-corrected chi connectivity index (χ0v) is 21.1. The molecule has 192 valence electrons. The number of nitrogens with one attached hydrogen (secondary N) is 2. The van der Waals surface area contributed by atoms with Crippen molar-refractivity contribution < 1.29 is 37.4 Å². The number of ketones is 1. The number of thiazole rings is 1. The first kappa shape index (κ1) is 26.7. The molecule has 0 aliphatic heterocycles. The lowest BCUT2D eigenvalue weighted by atomic mass is 10.1. The summed E-state index contributed by atoms with van der Waals surface area (Å²) < 4.78 is 39.2. The molecule has 2 amide bonds. The zero-order chi connectivity index (χ0) is 27.0. The van der Waals surface area contributed by atoms with Crippen LogP contribution in [-0.2, 0) is 9.47 Å². The molecular weight excluding hydrogens is 498 g/mol. The van der Waals surface area contributed by atoms with Crippen molar-refractivity contribution >= 4 is 46.1 Å². The van der Waals surface area contributed by atoms with E-state index in [-0.39, 0.29) is 27.2 Å². The minimum absolute atomic E-state index is 0.0439. The Bertz CT molecular complexity index is 1370. The fraction of sp³-hybridized carbons (Fsp3) is 0.348. The Labute approximate surface area is 208 Å². The minimum Gasteiger partial charge on any atom is -0.443 e. The number of amides is 2. The molecule has 0 bridgehead atoms. The predicted molar refractivity (Wildman–Crippen MR) is 126 cm³/mol. The molecule has 36 heavy (non-hydrogen) atoms. The lowest BCUT2D eigenvalue weighted by Crippen LogP contribution is -2.44. The number of carbonyl (C=O) groups excluding carboxylic acids is 4. The predicted octanol–water partition coefficient (Wildman–Crippen LogP) is 4.56. The second-order valence-electron chi connectivity index (χ2n) is 9.62. The van der Waals surface area contributed by atoms with Gasteiger partial charge in [-0.2, -0.15) is 0 Å². The van der Waals surface area contributed by atoms with Crippen LogP contribution in [0, 0.1) is 11.6 Å². The number of hydrogen-bond donors (Lipinski definition) is 2. The summed E-state index contributed by atoms with van der Waals surface area (Å²) in [5.41, 5.74) is 2.09. The molecule has 3 rings (SSSR count). The highest BCUT2D eigenvalue weighted by Crippen LogP contribution is 2.28. The van der Waals surface area contributed by atoms with Crippen LogP contribution in [0.1, 0.15) is 67.4 Å². The van der Waals surface area contributed by atoms with Gasteiger partial charge in [-0.3, -0.25) is 19.6 Å². The van der Waals surface area contributed by atoms with Crippen LogP contribution in [-0.4, -0.2) is 44.6 Å². The van der Waals surface area contributed by atoms with E-state index in [1.54, 1.807) is 41.5 Å². The first-order chi connectivity index (χ1) is 16.6. The second kappa shape index (κ2) is 9.64. The normalized spacial score (nSPS) is 11.8. The van der Waals surface area contributed by atoms with Crippen molar-refractivity contribution in [3.8, 4) is 0 Å². The van der Waals surface area contributed by atoms with Gasteiger partial charge in [0, 0.05) is 23.0 Å². The highest BCUT2D eigenvalue weighted by molar-refractivity contribution is 7.12. The van der Waals surface area contributed by atoms with E-state index in [9.17, 15) is 28.0 Å². The molecule has 0 aliphatic rings. The number of carbonyl (C=O) groups is 4. The van der Waals surface area contributed by atoms with Gasteiger partial charge in [-0.15, -0.1) is 11.3 Å². The molecule has 0 spiro atoms. The number of hydrazine groups is 1. The summed E-state index contributed by atoms with van der Waals surface area (Å²) in [7, 11) is 0. The van der Waals surface area contributed by atoms with E-state index < -0.39 is 46.7 Å². The molecule has 0 atom stereocenters. The van der Waals surface area contributed by atoms with Crippen molar-refractivity contribution in [3.63, 3.8) is 0 Å². The highest BCUT2D eigenvalue weighted by atomic mass is 32.1. The van der Waals surface area contributed by atoms with Crippen molar-refractivity contribution in [1.29, 1.82) is 0 Å².